The largest absolute Gasteiger partial charge is 0.389 e. The van der Waals surface area contributed by atoms with E-state index in [4.69, 9.17) is 14.2 Å². The molecule has 0 spiro atoms. The first-order valence-electron chi connectivity index (χ1n) is 6.38. The molecule has 1 heterocycles. The highest BCUT2D eigenvalue weighted by molar-refractivity contribution is 4.91. The lowest BCUT2D eigenvalue weighted by Gasteiger charge is -2.26. The lowest BCUT2D eigenvalue weighted by atomic mass is 9.97. The lowest BCUT2D eigenvalue weighted by Crippen LogP contribution is -2.47. The van der Waals surface area contributed by atoms with E-state index in [0.29, 0.717) is 39.3 Å². The molecule has 1 aliphatic heterocycles. The van der Waals surface area contributed by atoms with Crippen LogP contribution in [0.1, 0.15) is 13.3 Å². The third-order valence-electron chi connectivity index (χ3n) is 3.21. The Balaban J connectivity index is 2.06. The van der Waals surface area contributed by atoms with Gasteiger partial charge in [0.1, 0.15) is 5.60 Å². The van der Waals surface area contributed by atoms with Gasteiger partial charge in [0.2, 0.25) is 0 Å². The van der Waals surface area contributed by atoms with Crippen LogP contribution in [0.2, 0.25) is 0 Å². The molecule has 0 aromatic heterocycles. The maximum Gasteiger partial charge on any atom is 0.105 e. The van der Waals surface area contributed by atoms with Crippen molar-refractivity contribution in [3.63, 3.8) is 0 Å². The van der Waals surface area contributed by atoms with E-state index in [9.17, 15) is 10.2 Å². The highest BCUT2D eigenvalue weighted by Crippen LogP contribution is 2.24. The SMILES string of the molecule is COCCOCC(O)CNCC1(O)CCOC1C. The highest BCUT2D eigenvalue weighted by Gasteiger charge is 2.39. The molecule has 3 atom stereocenters. The quantitative estimate of drug-likeness (QED) is 0.470. The van der Waals surface area contributed by atoms with Crippen molar-refractivity contribution in [2.75, 3.05) is 46.6 Å². The first-order valence-corrected chi connectivity index (χ1v) is 6.38. The van der Waals surface area contributed by atoms with Gasteiger partial charge in [-0.25, -0.2) is 0 Å². The molecule has 0 bridgehead atoms. The Bertz CT molecular complexity index is 229. The maximum atomic E-state index is 10.2. The van der Waals surface area contributed by atoms with Gasteiger partial charge in [-0.05, 0) is 6.92 Å². The van der Waals surface area contributed by atoms with E-state index >= 15 is 0 Å². The van der Waals surface area contributed by atoms with Crippen molar-refractivity contribution >= 4 is 0 Å². The Kier molecular flexibility index (Phi) is 7.06. The predicted octanol–water partition coefficient (Wildman–Crippen LogP) is -0.860. The Morgan fingerprint density at radius 1 is 1.50 bits per heavy atom. The van der Waals surface area contributed by atoms with Crippen LogP contribution >= 0.6 is 0 Å². The predicted molar refractivity (Wildman–Crippen MR) is 66.6 cm³/mol. The van der Waals surface area contributed by atoms with Gasteiger partial charge in [-0.3, -0.25) is 0 Å². The third-order valence-corrected chi connectivity index (χ3v) is 3.21. The fourth-order valence-electron chi connectivity index (χ4n) is 1.88. The smallest absolute Gasteiger partial charge is 0.105 e. The number of methoxy groups -OCH3 is 1. The highest BCUT2D eigenvalue weighted by atomic mass is 16.5. The Hall–Kier alpha value is -0.240. The number of hydrogen-bond donors (Lipinski definition) is 3. The fraction of sp³-hybridized carbons (Fsp3) is 1.00. The van der Waals surface area contributed by atoms with E-state index in [1.165, 1.54) is 0 Å². The molecule has 3 unspecified atom stereocenters. The van der Waals surface area contributed by atoms with Crippen LogP contribution in [0.25, 0.3) is 0 Å². The zero-order valence-electron chi connectivity index (χ0n) is 11.2. The molecule has 6 nitrogen and oxygen atoms in total. The zero-order chi connectivity index (χ0) is 13.4. The van der Waals surface area contributed by atoms with Gasteiger partial charge in [-0.15, -0.1) is 0 Å². The van der Waals surface area contributed by atoms with Crippen LogP contribution in [0.15, 0.2) is 0 Å². The number of rotatable bonds is 9. The van der Waals surface area contributed by atoms with E-state index < -0.39 is 11.7 Å². The first kappa shape index (κ1) is 15.8. The Morgan fingerprint density at radius 2 is 2.28 bits per heavy atom. The van der Waals surface area contributed by atoms with Crippen molar-refractivity contribution in [3.8, 4) is 0 Å². The van der Waals surface area contributed by atoms with E-state index in [1.54, 1.807) is 7.11 Å². The molecular formula is C12H25NO5. The summed E-state index contributed by atoms with van der Waals surface area (Å²) in [6, 6.07) is 0. The Morgan fingerprint density at radius 3 is 2.89 bits per heavy atom. The molecule has 1 aliphatic rings. The lowest BCUT2D eigenvalue weighted by molar-refractivity contribution is -0.0300. The minimum absolute atomic E-state index is 0.167. The number of aliphatic hydroxyl groups excluding tert-OH is 1. The van der Waals surface area contributed by atoms with E-state index in [-0.39, 0.29) is 12.7 Å². The summed E-state index contributed by atoms with van der Waals surface area (Å²) in [5.74, 6) is 0. The van der Waals surface area contributed by atoms with Gasteiger partial charge < -0.3 is 29.7 Å². The third kappa shape index (κ3) is 5.17. The van der Waals surface area contributed by atoms with Gasteiger partial charge in [0.15, 0.2) is 0 Å². The number of nitrogens with one attached hydrogen (secondary N) is 1. The minimum Gasteiger partial charge on any atom is -0.389 e. The van der Waals surface area contributed by atoms with Crippen LogP contribution in [-0.2, 0) is 14.2 Å². The topological polar surface area (TPSA) is 80.2 Å². The molecular weight excluding hydrogens is 238 g/mol. The fourth-order valence-corrected chi connectivity index (χ4v) is 1.88. The molecule has 0 saturated carbocycles. The summed E-state index contributed by atoms with van der Waals surface area (Å²) in [6.45, 7) is 4.52. The van der Waals surface area contributed by atoms with Crippen LogP contribution in [0.5, 0.6) is 0 Å². The van der Waals surface area contributed by atoms with Crippen LogP contribution in [0, 0.1) is 0 Å². The van der Waals surface area contributed by atoms with Gasteiger partial charge in [-0.2, -0.15) is 0 Å². The van der Waals surface area contributed by atoms with E-state index in [1.807, 2.05) is 6.92 Å². The average Bonchev–Trinajstić information content (AvgIpc) is 2.66. The van der Waals surface area contributed by atoms with Crippen molar-refractivity contribution < 1.29 is 24.4 Å². The van der Waals surface area contributed by atoms with Crippen molar-refractivity contribution in [2.45, 2.75) is 31.2 Å². The molecule has 0 amide bonds. The van der Waals surface area contributed by atoms with Gasteiger partial charge in [0.25, 0.3) is 0 Å². The summed E-state index contributed by atoms with van der Waals surface area (Å²) in [5, 5.41) is 22.9. The second-order valence-electron chi connectivity index (χ2n) is 4.72. The molecule has 0 aromatic rings. The average molecular weight is 263 g/mol. The summed E-state index contributed by atoms with van der Waals surface area (Å²) in [7, 11) is 1.60. The number of aliphatic hydroxyl groups is 2. The van der Waals surface area contributed by atoms with Crippen LogP contribution < -0.4 is 5.32 Å². The molecule has 1 saturated heterocycles. The minimum atomic E-state index is -0.823. The van der Waals surface area contributed by atoms with Crippen molar-refractivity contribution in [2.24, 2.45) is 0 Å². The molecule has 108 valence electrons. The standard InChI is InChI=1S/C12H25NO5/c1-10-12(15,3-4-18-10)9-13-7-11(14)8-17-6-5-16-2/h10-11,13-15H,3-9H2,1-2H3. The second kappa shape index (κ2) is 8.04. The van der Waals surface area contributed by atoms with Gasteiger partial charge in [0.05, 0.1) is 32.0 Å². The molecule has 3 N–H and O–H groups in total. The monoisotopic (exact) mass is 263 g/mol. The molecule has 1 rings (SSSR count). The first-order chi connectivity index (χ1) is 8.58. The van der Waals surface area contributed by atoms with Crippen molar-refractivity contribution in [3.05, 3.63) is 0 Å². The molecule has 1 fully saturated rings. The molecule has 0 aliphatic carbocycles. The summed E-state index contributed by atoms with van der Waals surface area (Å²) in [5.41, 5.74) is -0.823. The van der Waals surface area contributed by atoms with Gasteiger partial charge in [0, 0.05) is 33.2 Å². The maximum absolute atomic E-state index is 10.2. The second-order valence-corrected chi connectivity index (χ2v) is 4.72. The van der Waals surface area contributed by atoms with E-state index in [0.717, 1.165) is 0 Å². The molecule has 6 heteroatoms. The van der Waals surface area contributed by atoms with Crippen LogP contribution in [0.4, 0.5) is 0 Å². The Labute approximate surface area is 108 Å². The molecule has 0 aromatic carbocycles. The zero-order valence-corrected chi connectivity index (χ0v) is 11.2. The van der Waals surface area contributed by atoms with Gasteiger partial charge in [-0.1, -0.05) is 0 Å². The van der Waals surface area contributed by atoms with Crippen LogP contribution in [-0.4, -0.2) is 74.6 Å². The van der Waals surface area contributed by atoms with E-state index in [2.05, 4.69) is 5.32 Å². The summed E-state index contributed by atoms with van der Waals surface area (Å²) in [4.78, 5) is 0. The van der Waals surface area contributed by atoms with Crippen molar-refractivity contribution in [1.29, 1.82) is 0 Å². The molecule has 0 radical (unpaired) electrons. The summed E-state index contributed by atoms with van der Waals surface area (Å²) in [6.07, 6.45) is -0.120. The summed E-state index contributed by atoms with van der Waals surface area (Å²) < 4.78 is 15.4. The van der Waals surface area contributed by atoms with Crippen LogP contribution in [0.3, 0.4) is 0 Å². The molecule has 18 heavy (non-hydrogen) atoms. The van der Waals surface area contributed by atoms with Crippen molar-refractivity contribution in [1.82, 2.24) is 5.32 Å². The number of ether oxygens (including phenoxy) is 3. The summed E-state index contributed by atoms with van der Waals surface area (Å²) >= 11 is 0. The normalized spacial score (nSPS) is 29.7. The van der Waals surface area contributed by atoms with Gasteiger partial charge >= 0.3 is 0 Å². The number of hydrogen-bond acceptors (Lipinski definition) is 6.